The number of likely N-dealkylation sites (tertiary alicyclic amines) is 1. The van der Waals surface area contributed by atoms with Crippen molar-refractivity contribution in [2.75, 3.05) is 26.3 Å². The third-order valence-electron chi connectivity index (χ3n) is 5.81. The van der Waals surface area contributed by atoms with E-state index in [-0.39, 0.29) is 5.91 Å². The Labute approximate surface area is 154 Å². The van der Waals surface area contributed by atoms with Crippen LogP contribution >= 0.6 is 0 Å². The number of ether oxygens (including phenoxy) is 1. The highest BCUT2D eigenvalue weighted by Crippen LogP contribution is 2.25. The first-order chi connectivity index (χ1) is 12.7. The molecule has 0 aliphatic carbocycles. The Morgan fingerprint density at radius 1 is 1.23 bits per heavy atom. The van der Waals surface area contributed by atoms with E-state index in [2.05, 4.69) is 34.6 Å². The number of para-hydroxylation sites is 1. The number of hydrogen-bond acceptors (Lipinski definition) is 4. The maximum atomic E-state index is 11.5. The number of amides is 1. The maximum absolute atomic E-state index is 11.5. The summed E-state index contributed by atoms with van der Waals surface area (Å²) in [6, 6.07) is 11.4. The summed E-state index contributed by atoms with van der Waals surface area (Å²) in [5, 5.41) is 5.06. The lowest BCUT2D eigenvalue weighted by Crippen LogP contribution is -2.49. The minimum Gasteiger partial charge on any atom is -0.379 e. The molecule has 138 valence electrons. The van der Waals surface area contributed by atoms with Gasteiger partial charge in [0.25, 0.3) is 0 Å². The summed E-state index contributed by atoms with van der Waals surface area (Å²) in [7, 11) is 0. The number of fused-ring (bicyclic) bond motifs is 1. The zero-order valence-electron chi connectivity index (χ0n) is 15.4. The minimum absolute atomic E-state index is 0.190. The molecule has 2 saturated heterocycles. The number of rotatable bonds is 4. The predicted molar refractivity (Wildman–Crippen MR) is 102 cm³/mol. The number of carbonyl (C=O) groups excluding carboxylic acids is 1. The van der Waals surface area contributed by atoms with Gasteiger partial charge < -0.3 is 15.0 Å². The number of aromatic nitrogens is 1. The molecule has 2 atom stereocenters. The molecule has 3 heterocycles. The molecule has 4 rings (SSSR count). The van der Waals surface area contributed by atoms with Crippen LogP contribution in [0.25, 0.3) is 10.9 Å². The van der Waals surface area contributed by atoms with Crippen molar-refractivity contribution in [3.05, 3.63) is 42.1 Å². The van der Waals surface area contributed by atoms with Gasteiger partial charge >= 0.3 is 0 Å². The van der Waals surface area contributed by atoms with Gasteiger partial charge in [-0.05, 0) is 37.0 Å². The Kier molecular flexibility index (Phi) is 5.18. The fraction of sp³-hybridized carbons (Fsp3) is 0.524. The van der Waals surface area contributed by atoms with Gasteiger partial charge in [0.1, 0.15) is 0 Å². The van der Waals surface area contributed by atoms with Crippen molar-refractivity contribution in [3.63, 3.8) is 0 Å². The van der Waals surface area contributed by atoms with Crippen molar-refractivity contribution >= 4 is 16.8 Å². The van der Waals surface area contributed by atoms with Gasteiger partial charge in [-0.15, -0.1) is 0 Å². The summed E-state index contributed by atoms with van der Waals surface area (Å²) < 4.78 is 5.81. The standard InChI is InChI=1S/C21H27N3O2/c1-15(25)24-10-7-18(8-11-24)23-21-14-26-13-17(21)12-16-6-9-22-20-5-3-2-4-19(16)20/h2-6,9,17-18,21,23H,7-8,10-14H2,1H3/t17-,21+/m1/s1. The van der Waals surface area contributed by atoms with Crippen LogP contribution in [0.2, 0.25) is 0 Å². The molecule has 1 aromatic heterocycles. The Morgan fingerprint density at radius 3 is 2.85 bits per heavy atom. The molecule has 5 nitrogen and oxygen atoms in total. The van der Waals surface area contributed by atoms with Crippen LogP contribution in [0.4, 0.5) is 0 Å². The average Bonchev–Trinajstić information content (AvgIpc) is 3.09. The van der Waals surface area contributed by atoms with Crippen molar-refractivity contribution in [1.29, 1.82) is 0 Å². The molecule has 0 saturated carbocycles. The van der Waals surface area contributed by atoms with Gasteiger partial charge in [-0.25, -0.2) is 0 Å². The van der Waals surface area contributed by atoms with E-state index in [0.717, 1.165) is 51.1 Å². The van der Waals surface area contributed by atoms with Gasteiger partial charge in [-0.2, -0.15) is 0 Å². The van der Waals surface area contributed by atoms with E-state index in [1.165, 1.54) is 10.9 Å². The lowest BCUT2D eigenvalue weighted by atomic mass is 9.92. The van der Waals surface area contributed by atoms with Gasteiger partial charge in [0.05, 0.1) is 18.7 Å². The third kappa shape index (κ3) is 3.74. The molecule has 0 unspecified atom stereocenters. The minimum atomic E-state index is 0.190. The van der Waals surface area contributed by atoms with E-state index in [4.69, 9.17) is 4.74 Å². The summed E-state index contributed by atoms with van der Waals surface area (Å²) in [6.07, 6.45) is 4.97. The van der Waals surface area contributed by atoms with Gasteiger partial charge in [0.15, 0.2) is 0 Å². The van der Waals surface area contributed by atoms with E-state index < -0.39 is 0 Å². The van der Waals surface area contributed by atoms with E-state index >= 15 is 0 Å². The van der Waals surface area contributed by atoms with Gasteiger partial charge in [0, 0.05) is 49.6 Å². The quantitative estimate of drug-likeness (QED) is 0.917. The average molecular weight is 353 g/mol. The zero-order valence-corrected chi connectivity index (χ0v) is 15.4. The molecule has 2 aliphatic heterocycles. The van der Waals surface area contributed by atoms with Crippen LogP contribution < -0.4 is 5.32 Å². The fourth-order valence-electron chi connectivity index (χ4n) is 4.26. The zero-order chi connectivity index (χ0) is 17.9. The second-order valence-electron chi connectivity index (χ2n) is 7.54. The lowest BCUT2D eigenvalue weighted by Gasteiger charge is -2.34. The summed E-state index contributed by atoms with van der Waals surface area (Å²) in [5.74, 6) is 0.668. The number of nitrogens with one attached hydrogen (secondary N) is 1. The van der Waals surface area contributed by atoms with E-state index in [0.29, 0.717) is 18.0 Å². The van der Waals surface area contributed by atoms with Crippen LogP contribution in [-0.4, -0.2) is 54.2 Å². The third-order valence-corrected chi connectivity index (χ3v) is 5.81. The largest absolute Gasteiger partial charge is 0.379 e. The first-order valence-corrected chi connectivity index (χ1v) is 9.62. The highest BCUT2D eigenvalue weighted by atomic mass is 16.5. The monoisotopic (exact) mass is 353 g/mol. The number of benzene rings is 1. The summed E-state index contributed by atoms with van der Waals surface area (Å²) in [5.41, 5.74) is 2.41. The molecule has 1 N–H and O–H groups in total. The molecule has 5 heteroatoms. The van der Waals surface area contributed by atoms with Crippen molar-refractivity contribution in [1.82, 2.24) is 15.2 Å². The molecule has 0 spiro atoms. The highest BCUT2D eigenvalue weighted by Gasteiger charge is 2.31. The van der Waals surface area contributed by atoms with Gasteiger partial charge in [-0.1, -0.05) is 18.2 Å². The number of hydrogen-bond donors (Lipinski definition) is 1. The number of piperidine rings is 1. The lowest BCUT2D eigenvalue weighted by molar-refractivity contribution is -0.129. The molecule has 0 bridgehead atoms. The van der Waals surface area contributed by atoms with Gasteiger partial charge in [0.2, 0.25) is 5.91 Å². The highest BCUT2D eigenvalue weighted by molar-refractivity contribution is 5.81. The number of carbonyl (C=O) groups is 1. The Balaban J connectivity index is 1.40. The van der Waals surface area contributed by atoms with Crippen LogP contribution in [0.3, 0.4) is 0 Å². The summed E-state index contributed by atoms with van der Waals surface area (Å²) in [6.45, 7) is 4.97. The Morgan fingerprint density at radius 2 is 2.04 bits per heavy atom. The molecule has 26 heavy (non-hydrogen) atoms. The molecule has 2 aromatic rings. The van der Waals surface area contributed by atoms with Crippen LogP contribution in [0.1, 0.15) is 25.3 Å². The summed E-state index contributed by atoms with van der Waals surface area (Å²) in [4.78, 5) is 17.9. The van der Waals surface area contributed by atoms with Crippen LogP contribution in [0, 0.1) is 5.92 Å². The Bertz CT molecular complexity index is 765. The maximum Gasteiger partial charge on any atom is 0.219 e. The molecule has 2 fully saturated rings. The van der Waals surface area contributed by atoms with Crippen LogP contribution in [0.5, 0.6) is 0 Å². The first kappa shape index (κ1) is 17.4. The van der Waals surface area contributed by atoms with E-state index in [1.807, 2.05) is 17.2 Å². The molecular formula is C21H27N3O2. The van der Waals surface area contributed by atoms with Gasteiger partial charge in [-0.3, -0.25) is 9.78 Å². The van der Waals surface area contributed by atoms with Crippen molar-refractivity contribution < 1.29 is 9.53 Å². The molecule has 1 amide bonds. The SMILES string of the molecule is CC(=O)N1CCC(N[C@H]2COC[C@H]2Cc2ccnc3ccccc23)CC1. The van der Waals surface area contributed by atoms with Crippen LogP contribution in [-0.2, 0) is 16.0 Å². The van der Waals surface area contributed by atoms with Crippen molar-refractivity contribution in [2.24, 2.45) is 5.92 Å². The molecule has 2 aliphatic rings. The predicted octanol–water partition coefficient (Wildman–Crippen LogP) is 2.39. The second kappa shape index (κ2) is 7.72. The topological polar surface area (TPSA) is 54.5 Å². The first-order valence-electron chi connectivity index (χ1n) is 9.62. The summed E-state index contributed by atoms with van der Waals surface area (Å²) >= 11 is 0. The van der Waals surface area contributed by atoms with E-state index in [1.54, 1.807) is 6.92 Å². The van der Waals surface area contributed by atoms with Crippen molar-refractivity contribution in [2.45, 2.75) is 38.3 Å². The fourth-order valence-corrected chi connectivity index (χ4v) is 4.26. The molecule has 1 aromatic carbocycles. The van der Waals surface area contributed by atoms with Crippen molar-refractivity contribution in [3.8, 4) is 0 Å². The molecular weight excluding hydrogens is 326 g/mol. The van der Waals surface area contributed by atoms with E-state index in [9.17, 15) is 4.79 Å². The molecule has 0 radical (unpaired) electrons. The smallest absolute Gasteiger partial charge is 0.219 e. The number of pyridine rings is 1. The second-order valence-corrected chi connectivity index (χ2v) is 7.54. The Hall–Kier alpha value is -1.98. The number of nitrogens with zero attached hydrogens (tertiary/aromatic N) is 2. The normalized spacial score (nSPS) is 24.3. The van der Waals surface area contributed by atoms with Crippen LogP contribution in [0.15, 0.2) is 36.5 Å².